The number of hydrogen-bond donors (Lipinski definition) is 1. The number of rotatable bonds is 4. The van der Waals surface area contributed by atoms with Crippen LogP contribution in [0.3, 0.4) is 0 Å². The maximum atomic E-state index is 13.0. The molecular formula is C22H19BrClN5O3. The number of nitrogens with one attached hydrogen (secondary N) is 1. The Hall–Kier alpha value is -3.04. The molecule has 2 amide bonds. The molecule has 2 aliphatic heterocycles. The second kappa shape index (κ2) is 8.48. The molecule has 164 valence electrons. The van der Waals surface area contributed by atoms with Gasteiger partial charge in [0, 0.05) is 35.0 Å². The smallest absolute Gasteiger partial charge is 0.330 e. The van der Waals surface area contributed by atoms with E-state index in [1.165, 1.54) is 4.90 Å². The summed E-state index contributed by atoms with van der Waals surface area (Å²) in [5, 5.41) is 3.17. The van der Waals surface area contributed by atoms with Crippen molar-refractivity contribution < 1.29 is 14.3 Å². The second-order valence-electron chi connectivity index (χ2n) is 7.41. The second-order valence-corrected chi connectivity index (χ2v) is 8.58. The van der Waals surface area contributed by atoms with Gasteiger partial charge >= 0.3 is 6.03 Å². The summed E-state index contributed by atoms with van der Waals surface area (Å²) in [5.74, 6) is 2.60. The molecule has 3 heterocycles. The fraction of sp³-hybridized carbons (Fsp3) is 0.227. The van der Waals surface area contributed by atoms with E-state index < -0.39 is 0 Å². The number of halogens is 2. The molecule has 1 N–H and O–H groups in total. The lowest BCUT2D eigenvalue weighted by Gasteiger charge is -2.34. The molecule has 0 spiro atoms. The van der Waals surface area contributed by atoms with Crippen molar-refractivity contribution in [2.24, 2.45) is 0 Å². The minimum Gasteiger partial charge on any atom is -0.486 e. The van der Waals surface area contributed by atoms with Crippen LogP contribution >= 0.6 is 27.5 Å². The molecule has 3 aromatic rings. The SMILES string of the molecule is CN1C(=O)N(c2ccccc2Br)Cc2cnc(Nc3ccc4c(c3)OCC(CCl)O4)nc21. The first-order chi connectivity index (χ1) is 15.5. The number of nitrogens with zero attached hydrogens (tertiary/aromatic N) is 4. The highest BCUT2D eigenvalue weighted by atomic mass is 79.9. The number of hydrogen-bond acceptors (Lipinski definition) is 6. The van der Waals surface area contributed by atoms with Crippen LogP contribution in [0.2, 0.25) is 0 Å². The van der Waals surface area contributed by atoms with Gasteiger partial charge in [0.1, 0.15) is 18.5 Å². The largest absolute Gasteiger partial charge is 0.486 e. The van der Waals surface area contributed by atoms with Crippen molar-refractivity contribution in [3.05, 3.63) is 58.7 Å². The zero-order chi connectivity index (χ0) is 22.2. The summed E-state index contributed by atoms with van der Waals surface area (Å²) >= 11 is 9.37. The van der Waals surface area contributed by atoms with Crippen molar-refractivity contribution in [1.29, 1.82) is 0 Å². The number of anilines is 4. The van der Waals surface area contributed by atoms with E-state index in [-0.39, 0.29) is 12.1 Å². The van der Waals surface area contributed by atoms with E-state index in [9.17, 15) is 4.79 Å². The summed E-state index contributed by atoms with van der Waals surface area (Å²) in [6.45, 7) is 0.781. The molecule has 1 atom stereocenters. The number of fused-ring (bicyclic) bond motifs is 2. The maximum Gasteiger partial charge on any atom is 0.330 e. The predicted molar refractivity (Wildman–Crippen MR) is 127 cm³/mol. The standard InChI is InChI=1S/C22H19BrClN5O3/c1-28-20-13(11-29(22(28)30)17-5-3-2-4-16(17)23)10-25-21(27-20)26-14-6-7-18-19(8-14)31-12-15(9-24)32-18/h2-8,10,15H,9,11-12H2,1H3,(H,25,26,27). The van der Waals surface area contributed by atoms with Crippen LogP contribution < -0.4 is 24.6 Å². The molecule has 1 aromatic heterocycles. The molecule has 0 aliphatic carbocycles. The summed E-state index contributed by atoms with van der Waals surface area (Å²) in [6, 6.07) is 12.9. The molecule has 5 rings (SSSR count). The number of para-hydroxylation sites is 1. The van der Waals surface area contributed by atoms with Crippen LogP contribution in [-0.2, 0) is 6.54 Å². The Morgan fingerprint density at radius 2 is 2.09 bits per heavy atom. The summed E-state index contributed by atoms with van der Waals surface area (Å²) in [7, 11) is 1.71. The third-order valence-corrected chi connectivity index (χ3v) is 6.25. The number of aromatic nitrogens is 2. The van der Waals surface area contributed by atoms with Crippen molar-refractivity contribution in [3.63, 3.8) is 0 Å². The number of amides is 2. The van der Waals surface area contributed by atoms with Crippen LogP contribution in [0.25, 0.3) is 0 Å². The number of carbonyl (C=O) groups is 1. The molecule has 0 fully saturated rings. The fourth-order valence-electron chi connectivity index (χ4n) is 3.63. The Morgan fingerprint density at radius 3 is 2.91 bits per heavy atom. The fourth-order valence-corrected chi connectivity index (χ4v) is 4.28. The van der Waals surface area contributed by atoms with Crippen LogP contribution in [0, 0.1) is 0 Å². The van der Waals surface area contributed by atoms with Crippen molar-refractivity contribution in [1.82, 2.24) is 9.97 Å². The molecule has 0 radical (unpaired) electrons. The lowest BCUT2D eigenvalue weighted by molar-refractivity contribution is 0.106. The van der Waals surface area contributed by atoms with Gasteiger partial charge in [-0.25, -0.2) is 9.78 Å². The first kappa shape index (κ1) is 20.8. The van der Waals surface area contributed by atoms with E-state index in [0.29, 0.717) is 42.3 Å². The number of ether oxygens (including phenoxy) is 2. The van der Waals surface area contributed by atoms with Gasteiger partial charge in [-0.2, -0.15) is 4.98 Å². The Labute approximate surface area is 198 Å². The van der Waals surface area contributed by atoms with Gasteiger partial charge in [-0.3, -0.25) is 9.80 Å². The number of benzene rings is 2. The molecular weight excluding hydrogens is 498 g/mol. The van der Waals surface area contributed by atoms with Gasteiger partial charge in [-0.15, -0.1) is 11.6 Å². The maximum absolute atomic E-state index is 13.0. The topological polar surface area (TPSA) is 79.8 Å². The highest BCUT2D eigenvalue weighted by Gasteiger charge is 2.31. The Balaban J connectivity index is 1.38. The van der Waals surface area contributed by atoms with E-state index in [0.717, 1.165) is 21.4 Å². The molecule has 1 unspecified atom stereocenters. The third kappa shape index (κ3) is 3.82. The lowest BCUT2D eigenvalue weighted by Crippen LogP contribution is -2.46. The first-order valence-corrected chi connectivity index (χ1v) is 11.3. The van der Waals surface area contributed by atoms with E-state index in [1.807, 2.05) is 42.5 Å². The highest BCUT2D eigenvalue weighted by Crippen LogP contribution is 2.36. The minimum absolute atomic E-state index is 0.156. The molecule has 2 aliphatic rings. The molecule has 8 nitrogen and oxygen atoms in total. The van der Waals surface area contributed by atoms with E-state index in [4.69, 9.17) is 21.1 Å². The van der Waals surface area contributed by atoms with Crippen molar-refractivity contribution in [2.75, 3.05) is 34.7 Å². The average molecular weight is 517 g/mol. The monoisotopic (exact) mass is 515 g/mol. The summed E-state index contributed by atoms with van der Waals surface area (Å²) < 4.78 is 12.4. The van der Waals surface area contributed by atoms with Crippen molar-refractivity contribution >= 4 is 56.7 Å². The summed E-state index contributed by atoms with van der Waals surface area (Å²) in [5.41, 5.74) is 2.39. The van der Waals surface area contributed by atoms with Crippen molar-refractivity contribution in [3.8, 4) is 11.5 Å². The van der Waals surface area contributed by atoms with Crippen LogP contribution in [-0.4, -0.2) is 41.6 Å². The number of carbonyl (C=O) groups excluding carboxylic acids is 1. The lowest BCUT2D eigenvalue weighted by atomic mass is 10.2. The Morgan fingerprint density at radius 1 is 1.25 bits per heavy atom. The molecule has 32 heavy (non-hydrogen) atoms. The quantitative estimate of drug-likeness (QED) is 0.495. The molecule has 2 aromatic carbocycles. The van der Waals surface area contributed by atoms with Crippen molar-refractivity contribution in [2.45, 2.75) is 12.6 Å². The predicted octanol–water partition coefficient (Wildman–Crippen LogP) is 4.94. The van der Waals surface area contributed by atoms with E-state index in [2.05, 4.69) is 31.2 Å². The zero-order valence-corrected chi connectivity index (χ0v) is 19.4. The average Bonchev–Trinajstić information content (AvgIpc) is 2.82. The highest BCUT2D eigenvalue weighted by molar-refractivity contribution is 9.10. The van der Waals surface area contributed by atoms with Crippen LogP contribution in [0.15, 0.2) is 53.1 Å². The van der Waals surface area contributed by atoms with Crippen LogP contribution in [0.5, 0.6) is 11.5 Å². The van der Waals surface area contributed by atoms with Gasteiger partial charge in [0.15, 0.2) is 11.5 Å². The van der Waals surface area contributed by atoms with Gasteiger partial charge in [-0.05, 0) is 40.2 Å². The van der Waals surface area contributed by atoms with Gasteiger partial charge in [0.05, 0.1) is 18.1 Å². The molecule has 0 bridgehead atoms. The Kier molecular flexibility index (Phi) is 5.52. The van der Waals surface area contributed by atoms with Crippen LogP contribution in [0.1, 0.15) is 5.56 Å². The van der Waals surface area contributed by atoms with Gasteiger partial charge in [0.2, 0.25) is 5.95 Å². The minimum atomic E-state index is -0.165. The summed E-state index contributed by atoms with van der Waals surface area (Å²) in [6.07, 6.45) is 1.58. The number of urea groups is 1. The number of alkyl halides is 1. The molecule has 0 saturated carbocycles. The first-order valence-electron chi connectivity index (χ1n) is 9.95. The van der Waals surface area contributed by atoms with Gasteiger partial charge in [-0.1, -0.05) is 12.1 Å². The third-order valence-electron chi connectivity index (χ3n) is 5.24. The van der Waals surface area contributed by atoms with Gasteiger partial charge < -0.3 is 14.8 Å². The zero-order valence-electron chi connectivity index (χ0n) is 17.1. The Bertz CT molecular complexity index is 1190. The normalized spacial score (nSPS) is 17.2. The van der Waals surface area contributed by atoms with Crippen LogP contribution in [0.4, 0.5) is 27.9 Å². The van der Waals surface area contributed by atoms with E-state index >= 15 is 0 Å². The molecule has 0 saturated heterocycles. The van der Waals surface area contributed by atoms with E-state index in [1.54, 1.807) is 18.1 Å². The van der Waals surface area contributed by atoms with Gasteiger partial charge in [0.25, 0.3) is 0 Å². The summed E-state index contributed by atoms with van der Waals surface area (Å²) in [4.78, 5) is 25.3. The molecule has 10 heteroatoms.